The van der Waals surface area contributed by atoms with Crippen LogP contribution in [0.3, 0.4) is 0 Å². The van der Waals surface area contributed by atoms with Crippen LogP contribution in [0.2, 0.25) is 0 Å². The molecule has 104 valence electrons. The number of para-hydroxylation sites is 1. The maximum absolute atomic E-state index is 10.4. The SMILES string of the molecule is O=C(O)CCCNc1ccc(Oc2ccccc2)cc1. The number of carbonyl (C=O) groups is 1. The summed E-state index contributed by atoms with van der Waals surface area (Å²) >= 11 is 0. The Morgan fingerprint density at radius 1 is 1.00 bits per heavy atom. The number of benzene rings is 2. The van der Waals surface area contributed by atoms with Crippen molar-refractivity contribution in [3.05, 3.63) is 54.6 Å². The van der Waals surface area contributed by atoms with Gasteiger partial charge >= 0.3 is 5.97 Å². The number of hydrogen-bond acceptors (Lipinski definition) is 3. The molecule has 4 heteroatoms. The van der Waals surface area contributed by atoms with Crippen LogP contribution >= 0.6 is 0 Å². The lowest BCUT2D eigenvalue weighted by molar-refractivity contribution is -0.137. The Balaban J connectivity index is 1.82. The van der Waals surface area contributed by atoms with E-state index in [1.165, 1.54) is 0 Å². The molecule has 0 heterocycles. The molecule has 0 radical (unpaired) electrons. The van der Waals surface area contributed by atoms with Gasteiger partial charge in [-0.05, 0) is 42.8 Å². The van der Waals surface area contributed by atoms with Crippen molar-refractivity contribution in [1.29, 1.82) is 0 Å². The second-order valence-corrected chi connectivity index (χ2v) is 4.36. The molecular weight excluding hydrogens is 254 g/mol. The summed E-state index contributed by atoms with van der Waals surface area (Å²) in [5.41, 5.74) is 0.954. The van der Waals surface area contributed by atoms with Crippen LogP contribution in [0.4, 0.5) is 5.69 Å². The van der Waals surface area contributed by atoms with E-state index in [1.807, 2.05) is 54.6 Å². The Morgan fingerprint density at radius 2 is 1.65 bits per heavy atom. The van der Waals surface area contributed by atoms with Gasteiger partial charge in [-0.15, -0.1) is 0 Å². The van der Waals surface area contributed by atoms with Crippen molar-refractivity contribution in [2.75, 3.05) is 11.9 Å². The van der Waals surface area contributed by atoms with Gasteiger partial charge in [0.05, 0.1) is 0 Å². The van der Waals surface area contributed by atoms with Gasteiger partial charge in [0, 0.05) is 18.7 Å². The van der Waals surface area contributed by atoms with E-state index in [0.717, 1.165) is 17.2 Å². The highest BCUT2D eigenvalue weighted by Gasteiger charge is 1.98. The largest absolute Gasteiger partial charge is 0.481 e. The average molecular weight is 271 g/mol. The minimum absolute atomic E-state index is 0.183. The van der Waals surface area contributed by atoms with Crippen LogP contribution in [0.5, 0.6) is 11.5 Å². The highest BCUT2D eigenvalue weighted by molar-refractivity contribution is 5.66. The van der Waals surface area contributed by atoms with Crippen LogP contribution in [0.25, 0.3) is 0 Å². The first kappa shape index (κ1) is 13.9. The molecule has 0 atom stereocenters. The Kier molecular flexibility index (Phi) is 5.00. The number of carboxylic acid groups (broad SMARTS) is 1. The molecule has 0 aliphatic carbocycles. The van der Waals surface area contributed by atoms with E-state index in [2.05, 4.69) is 5.32 Å². The van der Waals surface area contributed by atoms with E-state index >= 15 is 0 Å². The molecule has 2 rings (SSSR count). The Morgan fingerprint density at radius 3 is 2.30 bits per heavy atom. The van der Waals surface area contributed by atoms with Gasteiger partial charge in [-0.25, -0.2) is 0 Å². The predicted octanol–water partition coefficient (Wildman–Crippen LogP) is 3.76. The quantitative estimate of drug-likeness (QED) is 0.753. The zero-order valence-corrected chi connectivity index (χ0v) is 11.1. The molecule has 0 saturated heterocycles. The van der Waals surface area contributed by atoms with Gasteiger partial charge in [-0.3, -0.25) is 4.79 Å². The van der Waals surface area contributed by atoms with Crippen LogP contribution in [0.1, 0.15) is 12.8 Å². The fourth-order valence-electron chi connectivity index (χ4n) is 1.74. The fourth-order valence-corrected chi connectivity index (χ4v) is 1.74. The first-order valence-electron chi connectivity index (χ1n) is 6.53. The molecule has 20 heavy (non-hydrogen) atoms. The average Bonchev–Trinajstić information content (AvgIpc) is 2.46. The van der Waals surface area contributed by atoms with Crippen LogP contribution in [0.15, 0.2) is 54.6 Å². The lowest BCUT2D eigenvalue weighted by atomic mass is 10.2. The molecule has 0 aliphatic heterocycles. The molecule has 0 fully saturated rings. The van der Waals surface area contributed by atoms with Crippen LogP contribution in [-0.2, 0) is 4.79 Å². The number of aliphatic carboxylic acids is 1. The summed E-state index contributed by atoms with van der Waals surface area (Å²) in [5.74, 6) is 0.806. The van der Waals surface area contributed by atoms with E-state index in [-0.39, 0.29) is 6.42 Å². The summed E-state index contributed by atoms with van der Waals surface area (Å²) in [4.78, 5) is 10.4. The molecule has 2 aromatic carbocycles. The lowest BCUT2D eigenvalue weighted by Crippen LogP contribution is -2.04. The molecule has 0 spiro atoms. The van der Waals surface area contributed by atoms with Gasteiger partial charge in [0.25, 0.3) is 0 Å². The molecule has 0 amide bonds. The normalized spacial score (nSPS) is 10.0. The first-order valence-corrected chi connectivity index (χ1v) is 6.53. The zero-order chi connectivity index (χ0) is 14.2. The molecule has 2 aromatic rings. The maximum atomic E-state index is 10.4. The van der Waals surface area contributed by atoms with E-state index < -0.39 is 5.97 Å². The van der Waals surface area contributed by atoms with Crippen molar-refractivity contribution >= 4 is 11.7 Å². The third-order valence-electron chi connectivity index (χ3n) is 2.73. The molecule has 0 aromatic heterocycles. The standard InChI is InChI=1S/C16H17NO3/c18-16(19)7-4-12-17-13-8-10-15(11-9-13)20-14-5-2-1-3-6-14/h1-3,5-6,8-11,17H,4,7,12H2,(H,18,19). The maximum Gasteiger partial charge on any atom is 0.303 e. The first-order chi connectivity index (χ1) is 9.74. The predicted molar refractivity (Wildman–Crippen MR) is 78.3 cm³/mol. The second-order valence-electron chi connectivity index (χ2n) is 4.36. The summed E-state index contributed by atoms with van der Waals surface area (Å²) < 4.78 is 5.68. The summed E-state index contributed by atoms with van der Waals surface area (Å²) in [6.07, 6.45) is 0.791. The summed E-state index contributed by atoms with van der Waals surface area (Å²) in [6, 6.07) is 17.2. The number of nitrogens with one attached hydrogen (secondary N) is 1. The second kappa shape index (κ2) is 7.19. The summed E-state index contributed by atoms with van der Waals surface area (Å²) in [7, 11) is 0. The molecule has 0 saturated carbocycles. The van der Waals surface area contributed by atoms with Gasteiger partial charge in [-0.1, -0.05) is 18.2 Å². The van der Waals surface area contributed by atoms with Crippen molar-refractivity contribution < 1.29 is 14.6 Å². The Hall–Kier alpha value is -2.49. The monoisotopic (exact) mass is 271 g/mol. The van der Waals surface area contributed by atoms with Crippen LogP contribution in [0, 0.1) is 0 Å². The molecule has 0 aliphatic rings. The van der Waals surface area contributed by atoms with Crippen LogP contribution in [-0.4, -0.2) is 17.6 Å². The van der Waals surface area contributed by atoms with E-state index in [1.54, 1.807) is 0 Å². The van der Waals surface area contributed by atoms with Crippen molar-refractivity contribution in [2.45, 2.75) is 12.8 Å². The van der Waals surface area contributed by atoms with Crippen molar-refractivity contribution in [3.63, 3.8) is 0 Å². The summed E-state index contributed by atoms with van der Waals surface area (Å²) in [5, 5.41) is 11.7. The number of carboxylic acids is 1. The number of ether oxygens (including phenoxy) is 1. The van der Waals surface area contributed by atoms with E-state index in [9.17, 15) is 4.79 Å². The van der Waals surface area contributed by atoms with Gasteiger partial charge in [0.1, 0.15) is 11.5 Å². The minimum Gasteiger partial charge on any atom is -0.481 e. The molecule has 2 N–H and O–H groups in total. The van der Waals surface area contributed by atoms with Crippen molar-refractivity contribution in [2.24, 2.45) is 0 Å². The molecule has 0 unspecified atom stereocenters. The number of rotatable bonds is 7. The highest BCUT2D eigenvalue weighted by Crippen LogP contribution is 2.22. The minimum atomic E-state index is -0.765. The Bertz CT molecular complexity index is 537. The number of hydrogen-bond donors (Lipinski definition) is 2. The molecule has 4 nitrogen and oxygen atoms in total. The van der Waals surface area contributed by atoms with Gasteiger partial charge in [0.2, 0.25) is 0 Å². The van der Waals surface area contributed by atoms with E-state index in [4.69, 9.17) is 9.84 Å². The van der Waals surface area contributed by atoms with Crippen molar-refractivity contribution in [3.8, 4) is 11.5 Å². The topological polar surface area (TPSA) is 58.6 Å². The van der Waals surface area contributed by atoms with E-state index in [0.29, 0.717) is 13.0 Å². The van der Waals surface area contributed by atoms with Gasteiger partial charge in [-0.2, -0.15) is 0 Å². The van der Waals surface area contributed by atoms with Gasteiger partial charge in [0.15, 0.2) is 0 Å². The zero-order valence-electron chi connectivity index (χ0n) is 11.1. The smallest absolute Gasteiger partial charge is 0.303 e. The number of anilines is 1. The van der Waals surface area contributed by atoms with Crippen molar-refractivity contribution in [1.82, 2.24) is 0 Å². The molecule has 0 bridgehead atoms. The lowest BCUT2D eigenvalue weighted by Gasteiger charge is -2.08. The third kappa shape index (κ3) is 4.65. The third-order valence-corrected chi connectivity index (χ3v) is 2.73. The molecular formula is C16H17NO3. The fraction of sp³-hybridized carbons (Fsp3) is 0.188. The summed E-state index contributed by atoms with van der Waals surface area (Å²) in [6.45, 7) is 0.644. The Labute approximate surface area is 118 Å². The van der Waals surface area contributed by atoms with Gasteiger partial charge < -0.3 is 15.2 Å². The highest BCUT2D eigenvalue weighted by atomic mass is 16.5. The van der Waals surface area contributed by atoms with Crippen LogP contribution < -0.4 is 10.1 Å².